The maximum Gasteiger partial charge on any atom is 0.235 e. The quantitative estimate of drug-likeness (QED) is 0.778. The van der Waals surface area contributed by atoms with Crippen LogP contribution in [0.25, 0.3) is 11.1 Å². The van der Waals surface area contributed by atoms with Crippen LogP contribution in [0.1, 0.15) is 37.7 Å². The van der Waals surface area contributed by atoms with Crippen LogP contribution < -0.4 is 11.1 Å². The fraction of sp³-hybridized carbons (Fsp3) is 0.316. The molecule has 4 rings (SSSR count). The van der Waals surface area contributed by atoms with Gasteiger partial charge < -0.3 is 11.1 Å². The van der Waals surface area contributed by atoms with Crippen LogP contribution in [0.15, 0.2) is 42.5 Å². The molecule has 1 saturated carbocycles. The number of carbonyl (C=O) groups excluding carboxylic acids is 1. The van der Waals surface area contributed by atoms with E-state index in [0.29, 0.717) is 0 Å². The van der Waals surface area contributed by atoms with Crippen LogP contribution in [0.5, 0.6) is 0 Å². The van der Waals surface area contributed by atoms with Crippen LogP contribution >= 0.6 is 0 Å². The second-order valence-electron chi connectivity index (χ2n) is 6.48. The van der Waals surface area contributed by atoms with E-state index in [1.54, 1.807) is 0 Å². The summed E-state index contributed by atoms with van der Waals surface area (Å²) in [5.41, 5.74) is 10.8. The zero-order chi connectivity index (χ0) is 15.2. The summed E-state index contributed by atoms with van der Waals surface area (Å²) in [5.74, 6) is 0.187. The van der Waals surface area contributed by atoms with Crippen molar-refractivity contribution in [1.29, 1.82) is 0 Å². The molecule has 0 aromatic heterocycles. The van der Waals surface area contributed by atoms with Gasteiger partial charge in [0.05, 0.1) is 5.41 Å². The van der Waals surface area contributed by atoms with Crippen molar-refractivity contribution in [3.63, 3.8) is 0 Å². The smallest absolute Gasteiger partial charge is 0.235 e. The van der Waals surface area contributed by atoms with Gasteiger partial charge in [0.25, 0.3) is 0 Å². The molecule has 1 aliphatic heterocycles. The number of carbonyl (C=O) groups is 1. The molecule has 2 aliphatic rings. The maximum atomic E-state index is 12.6. The highest BCUT2D eigenvalue weighted by Crippen LogP contribution is 2.48. The average molecular weight is 292 g/mol. The molecule has 1 amide bonds. The molecule has 3 heteroatoms. The fourth-order valence-corrected chi connectivity index (χ4v) is 3.96. The minimum absolute atomic E-state index is 0.187. The van der Waals surface area contributed by atoms with E-state index >= 15 is 0 Å². The normalized spacial score (nSPS) is 19.0. The predicted molar refractivity (Wildman–Crippen MR) is 89.7 cm³/mol. The van der Waals surface area contributed by atoms with Gasteiger partial charge in [0, 0.05) is 11.4 Å². The number of nitrogens with one attached hydrogen (secondary N) is 1. The van der Waals surface area contributed by atoms with Crippen molar-refractivity contribution in [3.05, 3.63) is 48.0 Å². The molecule has 0 saturated heterocycles. The molecule has 0 bridgehead atoms. The SMILES string of the molecule is Nc1cccc(-c2ccc3c(c2)C2(CCCCC2)C(=O)N3)c1. The number of fused-ring (bicyclic) bond motifs is 2. The van der Waals surface area contributed by atoms with Crippen molar-refractivity contribution in [2.45, 2.75) is 37.5 Å². The van der Waals surface area contributed by atoms with E-state index in [9.17, 15) is 4.79 Å². The minimum atomic E-state index is -0.302. The highest BCUT2D eigenvalue weighted by molar-refractivity contribution is 6.06. The molecule has 22 heavy (non-hydrogen) atoms. The summed E-state index contributed by atoms with van der Waals surface area (Å²) in [6.45, 7) is 0. The first-order chi connectivity index (χ1) is 10.7. The summed E-state index contributed by atoms with van der Waals surface area (Å²) in [4.78, 5) is 12.6. The first kappa shape index (κ1) is 13.4. The van der Waals surface area contributed by atoms with Gasteiger partial charge in [0.15, 0.2) is 0 Å². The molecule has 2 aromatic rings. The van der Waals surface area contributed by atoms with Crippen molar-refractivity contribution in [2.75, 3.05) is 11.1 Å². The molecule has 2 aromatic carbocycles. The van der Waals surface area contributed by atoms with Gasteiger partial charge in [0.2, 0.25) is 5.91 Å². The Morgan fingerprint density at radius 3 is 2.50 bits per heavy atom. The van der Waals surface area contributed by atoms with E-state index in [1.807, 2.05) is 24.3 Å². The lowest BCUT2D eigenvalue weighted by Crippen LogP contribution is -2.36. The Morgan fingerprint density at radius 1 is 0.955 bits per heavy atom. The van der Waals surface area contributed by atoms with Gasteiger partial charge in [-0.3, -0.25) is 4.79 Å². The lowest BCUT2D eigenvalue weighted by atomic mass is 9.70. The Hall–Kier alpha value is -2.29. The summed E-state index contributed by atoms with van der Waals surface area (Å²) in [7, 11) is 0. The third-order valence-electron chi connectivity index (χ3n) is 5.15. The van der Waals surface area contributed by atoms with Crippen molar-refractivity contribution in [2.24, 2.45) is 0 Å². The monoisotopic (exact) mass is 292 g/mol. The van der Waals surface area contributed by atoms with Gasteiger partial charge in [-0.25, -0.2) is 0 Å². The van der Waals surface area contributed by atoms with E-state index < -0.39 is 0 Å². The van der Waals surface area contributed by atoms with Crippen molar-refractivity contribution < 1.29 is 4.79 Å². The van der Waals surface area contributed by atoms with E-state index in [2.05, 4.69) is 23.5 Å². The molecular weight excluding hydrogens is 272 g/mol. The zero-order valence-corrected chi connectivity index (χ0v) is 12.6. The second-order valence-corrected chi connectivity index (χ2v) is 6.48. The molecule has 0 radical (unpaired) electrons. The molecule has 112 valence electrons. The third-order valence-corrected chi connectivity index (χ3v) is 5.15. The molecule has 3 nitrogen and oxygen atoms in total. The Kier molecular flexibility index (Phi) is 2.96. The first-order valence-electron chi connectivity index (χ1n) is 8.01. The number of nitrogen functional groups attached to an aromatic ring is 1. The van der Waals surface area contributed by atoms with Crippen molar-refractivity contribution in [3.8, 4) is 11.1 Å². The Balaban J connectivity index is 1.83. The van der Waals surface area contributed by atoms with Crippen LogP contribution in [-0.4, -0.2) is 5.91 Å². The van der Waals surface area contributed by atoms with E-state index in [0.717, 1.165) is 48.2 Å². The number of benzene rings is 2. The molecule has 1 spiro atoms. The van der Waals surface area contributed by atoms with Crippen LogP contribution in [0.4, 0.5) is 11.4 Å². The Bertz CT molecular complexity index is 745. The van der Waals surface area contributed by atoms with E-state index in [4.69, 9.17) is 5.73 Å². The van der Waals surface area contributed by atoms with Crippen molar-refractivity contribution in [1.82, 2.24) is 0 Å². The molecule has 1 aliphatic carbocycles. The molecule has 1 heterocycles. The second kappa shape index (κ2) is 4.87. The number of hydrogen-bond donors (Lipinski definition) is 2. The highest BCUT2D eigenvalue weighted by atomic mass is 16.2. The number of hydrogen-bond acceptors (Lipinski definition) is 2. The summed E-state index contributed by atoms with van der Waals surface area (Å²) in [6.07, 6.45) is 5.43. The summed E-state index contributed by atoms with van der Waals surface area (Å²) in [5, 5.41) is 3.08. The average Bonchev–Trinajstić information content (AvgIpc) is 2.80. The predicted octanol–water partition coefficient (Wildman–Crippen LogP) is 4.09. The molecular formula is C19H20N2O. The standard InChI is InChI=1S/C19H20N2O/c20-15-6-4-5-13(11-15)14-7-8-17-16(12-14)19(18(22)21-17)9-2-1-3-10-19/h4-8,11-12H,1-3,9-10,20H2,(H,21,22). The molecule has 3 N–H and O–H groups in total. The topological polar surface area (TPSA) is 55.1 Å². The summed E-state index contributed by atoms with van der Waals surface area (Å²) >= 11 is 0. The van der Waals surface area contributed by atoms with Crippen molar-refractivity contribution >= 4 is 17.3 Å². The lowest BCUT2D eigenvalue weighted by Gasteiger charge is -2.31. The maximum absolute atomic E-state index is 12.6. The van der Waals surface area contributed by atoms with Crippen LogP contribution in [0, 0.1) is 0 Å². The van der Waals surface area contributed by atoms with Gasteiger partial charge >= 0.3 is 0 Å². The Labute approximate surface area is 130 Å². The summed E-state index contributed by atoms with van der Waals surface area (Å²) in [6, 6.07) is 14.2. The van der Waals surface area contributed by atoms with Gasteiger partial charge in [0.1, 0.15) is 0 Å². The first-order valence-corrected chi connectivity index (χ1v) is 8.01. The highest BCUT2D eigenvalue weighted by Gasteiger charge is 2.47. The number of anilines is 2. The molecule has 0 unspecified atom stereocenters. The van der Waals surface area contributed by atoms with Crippen LogP contribution in [0.2, 0.25) is 0 Å². The lowest BCUT2D eigenvalue weighted by molar-refractivity contribution is -0.121. The molecule has 0 atom stereocenters. The fourth-order valence-electron chi connectivity index (χ4n) is 3.96. The number of amides is 1. The van der Waals surface area contributed by atoms with Crippen LogP contribution in [-0.2, 0) is 10.2 Å². The van der Waals surface area contributed by atoms with E-state index in [1.165, 1.54) is 12.0 Å². The molecule has 1 fully saturated rings. The van der Waals surface area contributed by atoms with E-state index in [-0.39, 0.29) is 11.3 Å². The van der Waals surface area contributed by atoms with Gasteiger partial charge in [-0.2, -0.15) is 0 Å². The van der Waals surface area contributed by atoms with Crippen LogP contribution in [0.3, 0.4) is 0 Å². The Morgan fingerprint density at radius 2 is 1.73 bits per heavy atom. The van der Waals surface area contributed by atoms with Gasteiger partial charge in [-0.15, -0.1) is 0 Å². The van der Waals surface area contributed by atoms with Gasteiger partial charge in [-0.05, 0) is 53.8 Å². The largest absolute Gasteiger partial charge is 0.399 e. The summed E-state index contributed by atoms with van der Waals surface area (Å²) < 4.78 is 0. The third kappa shape index (κ3) is 1.92. The zero-order valence-electron chi connectivity index (χ0n) is 12.6. The minimum Gasteiger partial charge on any atom is -0.399 e. The van der Waals surface area contributed by atoms with Gasteiger partial charge in [-0.1, -0.05) is 37.5 Å². The number of nitrogens with two attached hydrogens (primary N) is 1. The number of rotatable bonds is 1.